The topological polar surface area (TPSA) is 67.9 Å². The van der Waals surface area contributed by atoms with Crippen LogP contribution in [0.1, 0.15) is 32.1 Å². The van der Waals surface area contributed by atoms with Crippen molar-refractivity contribution in [3.63, 3.8) is 0 Å². The highest BCUT2D eigenvalue weighted by Gasteiger charge is 2.51. The van der Waals surface area contributed by atoms with E-state index in [2.05, 4.69) is 5.32 Å². The van der Waals surface area contributed by atoms with Gasteiger partial charge in [0.25, 0.3) is 5.91 Å². The van der Waals surface area contributed by atoms with Crippen LogP contribution in [0.15, 0.2) is 0 Å². The minimum absolute atomic E-state index is 0.133. The maximum Gasteiger partial charge on any atom is 0.325 e. The molecule has 0 radical (unpaired) electrons. The van der Waals surface area contributed by atoms with Gasteiger partial charge in [0.15, 0.2) is 6.29 Å². The fourth-order valence-electron chi connectivity index (χ4n) is 2.73. The Kier molecular flexibility index (Phi) is 3.87. The van der Waals surface area contributed by atoms with Gasteiger partial charge in [0.05, 0.1) is 6.54 Å². The Morgan fingerprint density at radius 3 is 2.39 bits per heavy atom. The van der Waals surface area contributed by atoms with Crippen LogP contribution < -0.4 is 5.32 Å². The number of carbonyl (C=O) groups is 2. The van der Waals surface area contributed by atoms with Gasteiger partial charge in [0, 0.05) is 14.2 Å². The van der Waals surface area contributed by atoms with Crippen LogP contribution in [0.25, 0.3) is 0 Å². The van der Waals surface area contributed by atoms with Crippen LogP contribution in [0.4, 0.5) is 4.79 Å². The van der Waals surface area contributed by atoms with Crippen LogP contribution in [0, 0.1) is 0 Å². The van der Waals surface area contributed by atoms with Crippen molar-refractivity contribution in [2.45, 2.75) is 43.9 Å². The molecule has 0 atom stereocenters. The van der Waals surface area contributed by atoms with Crippen molar-refractivity contribution < 1.29 is 19.1 Å². The van der Waals surface area contributed by atoms with Crippen LogP contribution >= 0.6 is 0 Å². The smallest absolute Gasteiger partial charge is 0.325 e. The van der Waals surface area contributed by atoms with Crippen molar-refractivity contribution in [1.29, 1.82) is 0 Å². The van der Waals surface area contributed by atoms with Gasteiger partial charge in [0.2, 0.25) is 0 Å². The van der Waals surface area contributed by atoms with Crippen LogP contribution in [0.5, 0.6) is 0 Å². The second-order valence-electron chi connectivity index (χ2n) is 4.89. The standard InChI is InChI=1S/C12H20N2O4/c1-17-9(18-2)8-14-10(15)12(13-11(14)16)6-4-3-5-7-12/h9H,3-8H2,1-2H3,(H,13,16). The van der Waals surface area contributed by atoms with E-state index in [9.17, 15) is 9.59 Å². The van der Waals surface area contributed by atoms with Gasteiger partial charge < -0.3 is 14.8 Å². The number of imide groups is 1. The highest BCUT2D eigenvalue weighted by molar-refractivity contribution is 6.07. The lowest BCUT2D eigenvalue weighted by molar-refractivity contribution is -0.142. The lowest BCUT2D eigenvalue weighted by atomic mass is 9.82. The number of urea groups is 1. The summed E-state index contributed by atoms with van der Waals surface area (Å²) in [5.41, 5.74) is -0.665. The Balaban J connectivity index is 2.09. The molecule has 1 aliphatic carbocycles. The number of ether oxygens (including phenoxy) is 2. The van der Waals surface area contributed by atoms with Gasteiger partial charge in [-0.25, -0.2) is 4.79 Å². The summed E-state index contributed by atoms with van der Waals surface area (Å²) in [6, 6.07) is -0.332. The van der Waals surface area contributed by atoms with E-state index in [1.54, 1.807) is 0 Å². The second kappa shape index (κ2) is 5.24. The summed E-state index contributed by atoms with van der Waals surface area (Å²) < 4.78 is 10.1. The van der Waals surface area contributed by atoms with Gasteiger partial charge in [-0.2, -0.15) is 0 Å². The molecule has 0 aromatic rings. The Hall–Kier alpha value is -1.14. The minimum atomic E-state index is -0.665. The van der Waals surface area contributed by atoms with E-state index in [1.165, 1.54) is 19.1 Å². The fraction of sp³-hybridized carbons (Fsp3) is 0.833. The molecule has 2 fully saturated rings. The largest absolute Gasteiger partial charge is 0.354 e. The molecule has 1 N–H and O–H groups in total. The number of nitrogens with one attached hydrogen (secondary N) is 1. The summed E-state index contributed by atoms with van der Waals surface area (Å²) in [7, 11) is 2.98. The fourth-order valence-corrected chi connectivity index (χ4v) is 2.73. The molecule has 2 aliphatic rings. The number of amides is 3. The van der Waals surface area contributed by atoms with Crippen molar-refractivity contribution in [2.75, 3.05) is 20.8 Å². The molecule has 1 saturated carbocycles. The molecule has 1 heterocycles. The molecule has 6 heteroatoms. The van der Waals surface area contributed by atoms with E-state index in [0.29, 0.717) is 0 Å². The zero-order chi connectivity index (χ0) is 13.2. The second-order valence-corrected chi connectivity index (χ2v) is 4.89. The average Bonchev–Trinajstić information content (AvgIpc) is 2.60. The van der Waals surface area contributed by atoms with Crippen molar-refractivity contribution in [1.82, 2.24) is 10.2 Å². The van der Waals surface area contributed by atoms with E-state index in [0.717, 1.165) is 32.1 Å². The van der Waals surface area contributed by atoms with Gasteiger partial charge in [-0.3, -0.25) is 9.69 Å². The third kappa shape index (κ3) is 2.22. The molecule has 18 heavy (non-hydrogen) atoms. The minimum Gasteiger partial charge on any atom is -0.354 e. The summed E-state index contributed by atoms with van der Waals surface area (Å²) in [5.74, 6) is -0.133. The molecule has 0 bridgehead atoms. The van der Waals surface area contributed by atoms with E-state index >= 15 is 0 Å². The third-order valence-electron chi connectivity index (χ3n) is 3.81. The van der Waals surface area contributed by atoms with E-state index in [1.807, 2.05) is 0 Å². The van der Waals surface area contributed by atoms with E-state index in [-0.39, 0.29) is 18.5 Å². The summed E-state index contributed by atoms with van der Waals surface area (Å²) in [6.45, 7) is 0.138. The van der Waals surface area contributed by atoms with E-state index in [4.69, 9.17) is 9.47 Å². The molecule has 1 spiro atoms. The Bertz CT molecular complexity index is 335. The average molecular weight is 256 g/mol. The van der Waals surface area contributed by atoms with Gasteiger partial charge >= 0.3 is 6.03 Å². The van der Waals surface area contributed by atoms with Crippen molar-refractivity contribution in [3.8, 4) is 0 Å². The SMILES string of the molecule is COC(CN1C(=O)NC2(CCCCC2)C1=O)OC. The zero-order valence-corrected chi connectivity index (χ0v) is 10.9. The maximum atomic E-state index is 12.4. The lowest BCUT2D eigenvalue weighted by Gasteiger charge is -2.30. The third-order valence-corrected chi connectivity index (χ3v) is 3.81. The molecule has 0 aromatic heterocycles. The van der Waals surface area contributed by atoms with Gasteiger partial charge in [-0.1, -0.05) is 19.3 Å². The first kappa shape index (κ1) is 13.3. The first-order valence-electron chi connectivity index (χ1n) is 6.32. The monoisotopic (exact) mass is 256 g/mol. The van der Waals surface area contributed by atoms with Crippen molar-refractivity contribution in [3.05, 3.63) is 0 Å². The number of rotatable bonds is 4. The predicted molar refractivity (Wildman–Crippen MR) is 63.9 cm³/mol. The molecule has 1 saturated heterocycles. The summed E-state index contributed by atoms with van der Waals surface area (Å²) >= 11 is 0. The van der Waals surface area contributed by atoms with Crippen LogP contribution in [-0.4, -0.2) is 49.4 Å². The number of carbonyl (C=O) groups excluding carboxylic acids is 2. The number of methoxy groups -OCH3 is 2. The molecule has 6 nitrogen and oxygen atoms in total. The predicted octanol–water partition coefficient (Wildman–Crippen LogP) is 0.860. The normalized spacial score (nSPS) is 22.9. The molecular formula is C12H20N2O4. The van der Waals surface area contributed by atoms with E-state index < -0.39 is 11.8 Å². The summed E-state index contributed by atoms with van der Waals surface area (Å²) in [4.78, 5) is 25.5. The highest BCUT2D eigenvalue weighted by Crippen LogP contribution is 2.33. The Morgan fingerprint density at radius 1 is 1.22 bits per heavy atom. The van der Waals surface area contributed by atoms with Crippen molar-refractivity contribution >= 4 is 11.9 Å². The molecular weight excluding hydrogens is 236 g/mol. The zero-order valence-electron chi connectivity index (χ0n) is 10.9. The molecule has 1 aliphatic heterocycles. The van der Waals surface area contributed by atoms with Gasteiger partial charge in [-0.05, 0) is 12.8 Å². The summed E-state index contributed by atoms with van der Waals surface area (Å²) in [6.07, 6.45) is 4.00. The van der Waals surface area contributed by atoms with Crippen LogP contribution in [0.2, 0.25) is 0 Å². The number of hydrogen-bond acceptors (Lipinski definition) is 4. The number of hydrogen-bond donors (Lipinski definition) is 1. The first-order valence-corrected chi connectivity index (χ1v) is 6.32. The van der Waals surface area contributed by atoms with Gasteiger partial charge in [0.1, 0.15) is 5.54 Å². The molecule has 102 valence electrons. The van der Waals surface area contributed by atoms with Crippen LogP contribution in [0.3, 0.4) is 0 Å². The Labute approximate surface area is 107 Å². The highest BCUT2D eigenvalue weighted by atomic mass is 16.7. The molecule has 2 rings (SSSR count). The van der Waals surface area contributed by atoms with Crippen molar-refractivity contribution in [2.24, 2.45) is 0 Å². The Morgan fingerprint density at radius 2 is 1.83 bits per heavy atom. The molecule has 0 unspecified atom stereocenters. The van der Waals surface area contributed by atoms with Crippen LogP contribution in [-0.2, 0) is 14.3 Å². The quantitative estimate of drug-likeness (QED) is 0.598. The lowest BCUT2D eigenvalue weighted by Crippen LogP contribution is -2.48. The maximum absolute atomic E-state index is 12.4. The summed E-state index contributed by atoms with van der Waals surface area (Å²) in [5, 5.41) is 2.85. The number of nitrogens with zero attached hydrogens (tertiary/aromatic N) is 1. The molecule has 3 amide bonds. The first-order chi connectivity index (χ1) is 8.63. The molecule has 0 aromatic carbocycles. The van der Waals surface area contributed by atoms with Gasteiger partial charge in [-0.15, -0.1) is 0 Å².